The predicted molar refractivity (Wildman–Crippen MR) is 69.4 cm³/mol. The van der Waals surface area contributed by atoms with Gasteiger partial charge in [-0.05, 0) is 59.2 Å². The molecule has 1 saturated carbocycles. The van der Waals surface area contributed by atoms with Gasteiger partial charge in [0.25, 0.3) is 0 Å². The molecule has 0 unspecified atom stereocenters. The van der Waals surface area contributed by atoms with Gasteiger partial charge in [0.05, 0.1) is 0 Å². The van der Waals surface area contributed by atoms with Crippen LogP contribution in [0.4, 0.5) is 0 Å². The van der Waals surface area contributed by atoms with E-state index in [0.29, 0.717) is 6.04 Å². The molecule has 0 saturated heterocycles. The fourth-order valence-corrected chi connectivity index (χ4v) is 2.25. The quantitative estimate of drug-likeness (QED) is 0.788. The summed E-state index contributed by atoms with van der Waals surface area (Å²) >= 11 is 8.25. The normalized spacial score (nSPS) is 20.5. The lowest BCUT2D eigenvalue weighted by Crippen LogP contribution is -2.29. The molecule has 0 radical (unpaired) electrons. The van der Waals surface area contributed by atoms with Crippen molar-refractivity contribution in [1.82, 2.24) is 0 Å². The molecular weight excluding hydrogens is 308 g/mol. The zero-order valence-electron chi connectivity index (χ0n) is 7.63. The smallest absolute Gasteiger partial charge is 0.0412 e. The summed E-state index contributed by atoms with van der Waals surface area (Å²) < 4.78 is 1.24. The Bertz CT molecular complexity index is 379. The Morgan fingerprint density at radius 2 is 2.14 bits per heavy atom. The van der Waals surface area contributed by atoms with Crippen LogP contribution in [0, 0.1) is 3.57 Å². The van der Waals surface area contributed by atoms with Gasteiger partial charge in [0, 0.05) is 14.6 Å². The van der Waals surface area contributed by atoms with E-state index in [1.807, 2.05) is 18.2 Å². The molecule has 0 heterocycles. The second-order valence-electron chi connectivity index (χ2n) is 3.64. The Morgan fingerprint density at radius 1 is 1.43 bits per heavy atom. The summed E-state index contributed by atoms with van der Waals surface area (Å²) in [4.78, 5) is 0. The number of halogens is 2. The molecule has 74 valence electrons. The van der Waals surface area contributed by atoms with E-state index in [0.717, 1.165) is 17.9 Å². The molecule has 1 aromatic rings. The molecule has 1 aliphatic carbocycles. The van der Waals surface area contributed by atoms with Crippen LogP contribution >= 0.6 is 34.2 Å². The van der Waals surface area contributed by atoms with Crippen molar-refractivity contribution in [1.29, 1.82) is 0 Å². The summed E-state index contributed by atoms with van der Waals surface area (Å²) in [6, 6.07) is 6.32. The summed E-state index contributed by atoms with van der Waals surface area (Å²) in [7, 11) is 0. The van der Waals surface area contributed by atoms with Gasteiger partial charge in [-0.2, -0.15) is 0 Å². The average Bonchev–Trinajstić information content (AvgIpc) is 2.09. The van der Waals surface area contributed by atoms with E-state index < -0.39 is 0 Å². The summed E-state index contributed by atoms with van der Waals surface area (Å²) in [6.45, 7) is 0. The molecule has 1 aromatic carbocycles. The second-order valence-corrected chi connectivity index (χ2v) is 5.24. The van der Waals surface area contributed by atoms with E-state index in [1.54, 1.807) is 0 Å². The third-order valence-electron chi connectivity index (χ3n) is 2.37. The third kappa shape index (κ3) is 2.30. The lowest BCUT2D eigenvalue weighted by molar-refractivity contribution is 0.547. The monoisotopic (exact) mass is 319 g/mol. The SMILES string of the molecule is NC1CC(=Cc2cc(Cl)ccc2I)C1. The van der Waals surface area contributed by atoms with E-state index in [9.17, 15) is 0 Å². The molecule has 1 nitrogen and oxygen atoms in total. The van der Waals surface area contributed by atoms with Gasteiger partial charge < -0.3 is 5.73 Å². The highest BCUT2D eigenvalue weighted by Gasteiger charge is 2.18. The molecule has 1 fully saturated rings. The molecule has 3 heteroatoms. The minimum Gasteiger partial charge on any atom is -0.327 e. The first kappa shape index (κ1) is 10.5. The van der Waals surface area contributed by atoms with Crippen LogP contribution in [0.1, 0.15) is 18.4 Å². The predicted octanol–water partition coefficient (Wildman–Crippen LogP) is 3.45. The van der Waals surface area contributed by atoms with Crippen molar-refractivity contribution >= 4 is 40.3 Å². The summed E-state index contributed by atoms with van der Waals surface area (Å²) in [6.07, 6.45) is 4.27. The van der Waals surface area contributed by atoms with Crippen molar-refractivity contribution in [2.24, 2.45) is 5.73 Å². The molecule has 14 heavy (non-hydrogen) atoms. The number of hydrogen-bond donors (Lipinski definition) is 1. The maximum atomic E-state index is 5.93. The van der Waals surface area contributed by atoms with Gasteiger partial charge in [-0.15, -0.1) is 0 Å². The summed E-state index contributed by atoms with van der Waals surface area (Å²) in [5, 5.41) is 0.792. The van der Waals surface area contributed by atoms with Crippen LogP contribution in [0.15, 0.2) is 23.8 Å². The second kappa shape index (κ2) is 4.21. The number of hydrogen-bond acceptors (Lipinski definition) is 1. The van der Waals surface area contributed by atoms with E-state index in [2.05, 4.69) is 28.7 Å². The molecule has 0 aliphatic heterocycles. The summed E-state index contributed by atoms with van der Waals surface area (Å²) in [5.41, 5.74) is 8.36. The standard InChI is InChI=1S/C11H11ClIN/c12-9-1-2-11(13)8(6-9)3-7-4-10(14)5-7/h1-3,6,10H,4-5,14H2. The highest BCUT2D eigenvalue weighted by atomic mass is 127. The highest BCUT2D eigenvalue weighted by Crippen LogP contribution is 2.29. The van der Waals surface area contributed by atoms with Crippen molar-refractivity contribution in [3.05, 3.63) is 37.9 Å². The molecule has 0 aromatic heterocycles. The van der Waals surface area contributed by atoms with Crippen molar-refractivity contribution in [2.45, 2.75) is 18.9 Å². The minimum atomic E-state index is 0.373. The Labute approximate surface area is 102 Å². The first-order valence-corrected chi connectivity index (χ1v) is 6.01. The Hall–Kier alpha value is -0.0600. The van der Waals surface area contributed by atoms with Gasteiger partial charge in [0.2, 0.25) is 0 Å². The van der Waals surface area contributed by atoms with E-state index in [-0.39, 0.29) is 0 Å². The highest BCUT2D eigenvalue weighted by molar-refractivity contribution is 14.1. The Kier molecular flexibility index (Phi) is 3.14. The van der Waals surface area contributed by atoms with Crippen LogP contribution < -0.4 is 5.73 Å². The van der Waals surface area contributed by atoms with Crippen LogP contribution in [0.3, 0.4) is 0 Å². The van der Waals surface area contributed by atoms with Crippen LogP contribution in [-0.2, 0) is 0 Å². The first-order chi connectivity index (χ1) is 6.65. The van der Waals surface area contributed by atoms with Crippen molar-refractivity contribution < 1.29 is 0 Å². The van der Waals surface area contributed by atoms with Gasteiger partial charge in [0.15, 0.2) is 0 Å². The van der Waals surface area contributed by atoms with Gasteiger partial charge in [0.1, 0.15) is 0 Å². The number of nitrogens with two attached hydrogens (primary N) is 1. The molecule has 0 bridgehead atoms. The van der Waals surface area contributed by atoms with Crippen molar-refractivity contribution in [3.63, 3.8) is 0 Å². The topological polar surface area (TPSA) is 26.0 Å². The van der Waals surface area contributed by atoms with Gasteiger partial charge in [-0.25, -0.2) is 0 Å². The number of rotatable bonds is 1. The molecule has 2 rings (SSSR count). The molecular formula is C11H11ClIN. The van der Waals surface area contributed by atoms with Gasteiger partial charge >= 0.3 is 0 Å². The van der Waals surface area contributed by atoms with Crippen molar-refractivity contribution in [2.75, 3.05) is 0 Å². The molecule has 1 aliphatic rings. The summed E-state index contributed by atoms with van der Waals surface area (Å²) in [5.74, 6) is 0. The largest absolute Gasteiger partial charge is 0.327 e. The van der Waals surface area contributed by atoms with Crippen LogP contribution in [0.2, 0.25) is 5.02 Å². The molecule has 2 N–H and O–H groups in total. The lowest BCUT2D eigenvalue weighted by atomic mass is 9.86. The molecule has 0 atom stereocenters. The Morgan fingerprint density at radius 3 is 2.79 bits per heavy atom. The first-order valence-electron chi connectivity index (χ1n) is 4.55. The third-order valence-corrected chi connectivity index (χ3v) is 3.58. The zero-order chi connectivity index (χ0) is 10.1. The van der Waals surface area contributed by atoms with Crippen LogP contribution in [0.5, 0.6) is 0 Å². The maximum Gasteiger partial charge on any atom is 0.0412 e. The van der Waals surface area contributed by atoms with E-state index >= 15 is 0 Å². The zero-order valence-corrected chi connectivity index (χ0v) is 10.5. The van der Waals surface area contributed by atoms with Crippen molar-refractivity contribution in [3.8, 4) is 0 Å². The van der Waals surface area contributed by atoms with Gasteiger partial charge in [-0.1, -0.05) is 23.3 Å². The maximum absolute atomic E-state index is 5.93. The van der Waals surface area contributed by atoms with E-state index in [4.69, 9.17) is 17.3 Å². The molecule has 0 amide bonds. The lowest BCUT2D eigenvalue weighted by Gasteiger charge is -2.25. The fraction of sp³-hybridized carbons (Fsp3) is 0.273. The van der Waals surface area contributed by atoms with Gasteiger partial charge in [-0.3, -0.25) is 0 Å². The van der Waals surface area contributed by atoms with Crippen LogP contribution in [0.25, 0.3) is 6.08 Å². The fourth-order valence-electron chi connectivity index (χ4n) is 1.58. The average molecular weight is 320 g/mol. The van der Waals surface area contributed by atoms with E-state index in [1.165, 1.54) is 14.7 Å². The van der Waals surface area contributed by atoms with Crippen LogP contribution in [-0.4, -0.2) is 6.04 Å². The minimum absolute atomic E-state index is 0.373. The Balaban J connectivity index is 2.24. The number of benzene rings is 1. The molecule has 0 spiro atoms.